The van der Waals surface area contributed by atoms with Gasteiger partial charge in [-0.3, -0.25) is 28.9 Å². The van der Waals surface area contributed by atoms with Crippen LogP contribution in [-0.2, 0) is 33.5 Å². The van der Waals surface area contributed by atoms with E-state index in [2.05, 4.69) is 21.3 Å². The zero-order chi connectivity index (χ0) is 34.9. The zero-order valence-corrected chi connectivity index (χ0v) is 27.8. The monoisotopic (exact) mass is 651 g/mol. The number of amides is 7. The second-order valence-corrected chi connectivity index (χ2v) is 12.6. The van der Waals surface area contributed by atoms with Crippen molar-refractivity contribution in [3.05, 3.63) is 12.2 Å². The number of nitrogens with zero attached hydrogens (tertiary/aromatic N) is 1. The van der Waals surface area contributed by atoms with Crippen molar-refractivity contribution in [3.63, 3.8) is 0 Å². The van der Waals surface area contributed by atoms with Gasteiger partial charge in [0.05, 0.1) is 0 Å². The molecule has 260 valence electrons. The van der Waals surface area contributed by atoms with Crippen molar-refractivity contribution >= 4 is 41.5 Å². The number of hydrogen-bond acceptors (Lipinski definition) is 9. The highest BCUT2D eigenvalue weighted by Gasteiger charge is 2.32. The summed E-state index contributed by atoms with van der Waals surface area (Å²) in [4.78, 5) is 88.1. The second kappa shape index (κ2) is 20.2. The molecular weight excluding hydrogens is 598 g/mol. The van der Waals surface area contributed by atoms with E-state index in [0.717, 1.165) is 4.90 Å². The van der Waals surface area contributed by atoms with Crippen LogP contribution in [0.3, 0.4) is 0 Å². The molecule has 15 nitrogen and oxygen atoms in total. The molecule has 0 saturated heterocycles. The average Bonchev–Trinajstić information content (AvgIpc) is 3.27. The van der Waals surface area contributed by atoms with Crippen LogP contribution in [-0.4, -0.2) is 89.8 Å². The van der Waals surface area contributed by atoms with Crippen molar-refractivity contribution in [2.75, 3.05) is 19.6 Å². The normalized spacial score (nSPS) is 14.9. The lowest BCUT2D eigenvalue weighted by atomic mass is 10.0. The summed E-state index contributed by atoms with van der Waals surface area (Å²) in [6.07, 6.45) is 6.07. The highest BCUT2D eigenvalue weighted by molar-refractivity contribution is 6.12. The van der Waals surface area contributed by atoms with E-state index in [1.807, 2.05) is 0 Å². The number of primary amides is 1. The summed E-state index contributed by atoms with van der Waals surface area (Å²) in [5.41, 5.74) is 9.95. The molecule has 1 aliphatic heterocycles. The van der Waals surface area contributed by atoms with Crippen molar-refractivity contribution in [1.29, 1.82) is 0 Å². The fourth-order valence-electron chi connectivity index (χ4n) is 4.60. The summed E-state index contributed by atoms with van der Waals surface area (Å²) in [5.74, 6) is -3.19. The largest absolute Gasteiger partial charge is 0.458 e. The number of unbranched alkanes of at least 4 members (excludes halogenated alkanes) is 3. The Labute approximate surface area is 271 Å². The predicted molar refractivity (Wildman–Crippen MR) is 171 cm³/mol. The molecule has 8 N–H and O–H groups in total. The van der Waals surface area contributed by atoms with Gasteiger partial charge in [-0.25, -0.2) is 9.59 Å². The lowest BCUT2D eigenvalue weighted by Gasteiger charge is -2.28. The van der Waals surface area contributed by atoms with E-state index in [1.54, 1.807) is 34.6 Å². The first kappa shape index (κ1) is 40.0. The van der Waals surface area contributed by atoms with Gasteiger partial charge >= 0.3 is 12.0 Å². The third kappa shape index (κ3) is 15.8. The Balaban J connectivity index is 2.87. The molecule has 1 heterocycles. The molecular formula is C31H53N7O8. The minimum Gasteiger partial charge on any atom is -0.458 e. The standard InChI is InChI=1S/C31H53N7O8/c1-20(2)26(37-23(39)14-7-6-10-19-38-24(40)15-16-25(38)41)28(43)35-21(13-11-18-34-30(33)45)27(42)36-22(12-8-9-17-32)29(44)46-31(3,4)5/h15-16,20-22,26H,6-14,17-19,32H2,1-5H3,(H,35,43)(H,36,42)(H,37,39)(H3,33,34,45)/t21-,22-,26?/m0/s1. The number of rotatable bonds is 21. The van der Waals surface area contributed by atoms with Gasteiger partial charge in [-0.15, -0.1) is 0 Å². The molecule has 1 unspecified atom stereocenters. The maximum atomic E-state index is 13.5. The predicted octanol–water partition coefficient (Wildman–Crippen LogP) is 0.501. The van der Waals surface area contributed by atoms with E-state index in [9.17, 15) is 33.6 Å². The van der Waals surface area contributed by atoms with E-state index >= 15 is 0 Å². The molecule has 15 heteroatoms. The van der Waals surface area contributed by atoms with Gasteiger partial charge in [-0.2, -0.15) is 0 Å². The Kier molecular flexibility index (Phi) is 17.6. The van der Waals surface area contributed by atoms with Crippen LogP contribution in [0, 0.1) is 5.92 Å². The highest BCUT2D eigenvalue weighted by Crippen LogP contribution is 2.13. The summed E-state index contributed by atoms with van der Waals surface area (Å²) in [6, 6.07) is -3.75. The van der Waals surface area contributed by atoms with Crippen molar-refractivity contribution in [1.82, 2.24) is 26.2 Å². The third-order valence-electron chi connectivity index (χ3n) is 7.01. The number of hydrogen-bond donors (Lipinski definition) is 6. The molecule has 0 aromatic heterocycles. The molecule has 1 rings (SSSR count). The van der Waals surface area contributed by atoms with Gasteiger partial charge < -0.3 is 37.5 Å². The first-order chi connectivity index (χ1) is 21.5. The zero-order valence-electron chi connectivity index (χ0n) is 27.8. The van der Waals surface area contributed by atoms with Crippen LogP contribution in [0.4, 0.5) is 4.79 Å². The number of nitrogens with one attached hydrogen (secondary N) is 4. The van der Waals surface area contributed by atoms with Gasteiger partial charge in [-0.1, -0.05) is 20.3 Å². The van der Waals surface area contributed by atoms with E-state index in [-0.39, 0.29) is 62.4 Å². The summed E-state index contributed by atoms with van der Waals surface area (Å²) >= 11 is 0. The maximum absolute atomic E-state index is 13.5. The number of esters is 1. The molecule has 0 aliphatic carbocycles. The molecule has 3 atom stereocenters. The molecule has 0 bridgehead atoms. The first-order valence-corrected chi connectivity index (χ1v) is 16.0. The molecule has 0 fully saturated rings. The first-order valence-electron chi connectivity index (χ1n) is 16.0. The number of ether oxygens (including phenoxy) is 1. The quantitative estimate of drug-likeness (QED) is 0.0575. The van der Waals surface area contributed by atoms with Gasteiger partial charge in [0.15, 0.2) is 0 Å². The lowest BCUT2D eigenvalue weighted by Crippen LogP contribution is -2.57. The highest BCUT2D eigenvalue weighted by atomic mass is 16.6. The Hall–Kier alpha value is -4.01. The molecule has 1 aliphatic rings. The Morgan fingerprint density at radius 2 is 1.43 bits per heavy atom. The van der Waals surface area contributed by atoms with Gasteiger partial charge in [0, 0.05) is 31.7 Å². The van der Waals surface area contributed by atoms with Gasteiger partial charge in [0.1, 0.15) is 23.7 Å². The maximum Gasteiger partial charge on any atom is 0.329 e. The average molecular weight is 652 g/mol. The SMILES string of the molecule is CC(C)C(NC(=O)CCCCCN1C(=O)C=CC1=O)C(=O)N[C@@H](CCCNC(N)=O)C(=O)N[C@@H](CCCCN)C(=O)OC(C)(C)C. The van der Waals surface area contributed by atoms with Crippen molar-refractivity contribution < 1.29 is 38.3 Å². The second-order valence-electron chi connectivity index (χ2n) is 12.6. The molecule has 0 spiro atoms. The number of nitrogens with two attached hydrogens (primary N) is 2. The fraction of sp³-hybridized carbons (Fsp3) is 0.710. The van der Waals surface area contributed by atoms with Gasteiger partial charge in [0.2, 0.25) is 17.7 Å². The number of carbonyl (C=O) groups excluding carboxylic acids is 7. The topological polar surface area (TPSA) is 232 Å². The Morgan fingerprint density at radius 3 is 2.00 bits per heavy atom. The molecule has 0 aromatic rings. The van der Waals surface area contributed by atoms with Crippen LogP contribution in [0.5, 0.6) is 0 Å². The van der Waals surface area contributed by atoms with Crippen LogP contribution in [0.2, 0.25) is 0 Å². The number of carbonyl (C=O) groups is 7. The van der Waals surface area contributed by atoms with E-state index in [4.69, 9.17) is 16.2 Å². The van der Waals surface area contributed by atoms with Gasteiger partial charge in [-0.05, 0) is 78.2 Å². The third-order valence-corrected chi connectivity index (χ3v) is 7.01. The van der Waals surface area contributed by atoms with Crippen LogP contribution >= 0.6 is 0 Å². The van der Waals surface area contributed by atoms with E-state index in [0.29, 0.717) is 38.6 Å². The van der Waals surface area contributed by atoms with Gasteiger partial charge in [0.25, 0.3) is 11.8 Å². The van der Waals surface area contributed by atoms with Crippen LogP contribution < -0.4 is 32.7 Å². The summed E-state index contributed by atoms with van der Waals surface area (Å²) < 4.78 is 5.50. The van der Waals surface area contributed by atoms with Crippen LogP contribution in [0.15, 0.2) is 12.2 Å². The number of urea groups is 1. The summed E-state index contributed by atoms with van der Waals surface area (Å²) in [7, 11) is 0. The smallest absolute Gasteiger partial charge is 0.329 e. The Morgan fingerprint density at radius 1 is 0.826 bits per heavy atom. The molecule has 0 saturated carbocycles. The minimum atomic E-state index is -1.09. The van der Waals surface area contributed by atoms with Crippen molar-refractivity contribution in [3.8, 4) is 0 Å². The molecule has 0 aromatic carbocycles. The van der Waals surface area contributed by atoms with E-state index < -0.39 is 47.5 Å². The molecule has 7 amide bonds. The minimum absolute atomic E-state index is 0.109. The Bertz CT molecular complexity index is 1080. The van der Waals surface area contributed by atoms with Crippen molar-refractivity contribution in [2.24, 2.45) is 17.4 Å². The summed E-state index contributed by atoms with van der Waals surface area (Å²) in [6.45, 7) is 9.50. The summed E-state index contributed by atoms with van der Waals surface area (Å²) in [5, 5.41) is 10.6. The molecule has 46 heavy (non-hydrogen) atoms. The fourth-order valence-corrected chi connectivity index (χ4v) is 4.60. The number of imide groups is 1. The van der Waals surface area contributed by atoms with Crippen LogP contribution in [0.25, 0.3) is 0 Å². The van der Waals surface area contributed by atoms with Crippen molar-refractivity contribution in [2.45, 2.75) is 116 Å². The lowest BCUT2D eigenvalue weighted by molar-refractivity contribution is -0.159. The molecule has 0 radical (unpaired) electrons. The van der Waals surface area contributed by atoms with E-state index in [1.165, 1.54) is 12.2 Å². The van der Waals surface area contributed by atoms with Crippen LogP contribution in [0.1, 0.15) is 92.4 Å².